The first kappa shape index (κ1) is 16.6. The molecule has 0 amide bonds. The minimum atomic E-state index is -0.191. The average Bonchev–Trinajstić information content (AvgIpc) is 2.20. The van der Waals surface area contributed by atoms with Crippen LogP contribution >= 0.6 is 0 Å². The average molecular weight is 242 g/mol. The molecule has 3 heteroatoms. The van der Waals surface area contributed by atoms with Gasteiger partial charge in [-0.3, -0.25) is 4.79 Å². The van der Waals surface area contributed by atoms with E-state index >= 15 is 0 Å². The summed E-state index contributed by atoms with van der Waals surface area (Å²) >= 11 is 0. The zero-order valence-corrected chi connectivity index (χ0v) is 12.5. The van der Waals surface area contributed by atoms with Gasteiger partial charge in [-0.05, 0) is 40.2 Å². The second-order valence-corrected chi connectivity index (χ2v) is 6.01. The van der Waals surface area contributed by atoms with Crippen LogP contribution in [-0.4, -0.2) is 55.9 Å². The lowest BCUT2D eigenvalue weighted by molar-refractivity contribution is -0.126. The zero-order chi connectivity index (χ0) is 13.5. The topological polar surface area (TPSA) is 23.6 Å². The lowest BCUT2D eigenvalue weighted by Gasteiger charge is -2.23. The van der Waals surface area contributed by atoms with Crippen molar-refractivity contribution >= 4 is 5.78 Å². The van der Waals surface area contributed by atoms with Crippen molar-refractivity contribution in [3.8, 4) is 0 Å². The SMILES string of the molecule is CCN(CCCN(C)C)CCC(=O)C(C)(C)C. The van der Waals surface area contributed by atoms with Crippen LogP contribution in [0.4, 0.5) is 0 Å². The third kappa shape index (κ3) is 8.33. The van der Waals surface area contributed by atoms with Crippen LogP contribution in [0, 0.1) is 5.41 Å². The standard InChI is InChI=1S/C14H30N2O/c1-7-16(11-8-10-15(5)6)12-9-13(17)14(2,3)4/h7-12H2,1-6H3. The van der Waals surface area contributed by atoms with E-state index < -0.39 is 0 Å². The van der Waals surface area contributed by atoms with Crippen LogP contribution in [0.1, 0.15) is 40.5 Å². The lowest BCUT2D eigenvalue weighted by atomic mass is 9.89. The minimum Gasteiger partial charge on any atom is -0.309 e. The molecule has 0 bridgehead atoms. The highest BCUT2D eigenvalue weighted by Crippen LogP contribution is 2.16. The van der Waals surface area contributed by atoms with Crippen molar-refractivity contribution in [1.82, 2.24) is 9.80 Å². The van der Waals surface area contributed by atoms with Crippen LogP contribution in [0.5, 0.6) is 0 Å². The van der Waals surface area contributed by atoms with E-state index in [1.54, 1.807) is 0 Å². The van der Waals surface area contributed by atoms with Crippen molar-refractivity contribution in [2.24, 2.45) is 5.41 Å². The van der Waals surface area contributed by atoms with Gasteiger partial charge in [-0.1, -0.05) is 27.7 Å². The molecule has 0 aromatic rings. The van der Waals surface area contributed by atoms with Crippen LogP contribution in [0.3, 0.4) is 0 Å². The summed E-state index contributed by atoms with van der Waals surface area (Å²) in [6, 6.07) is 0. The van der Waals surface area contributed by atoms with E-state index in [1.165, 1.54) is 6.42 Å². The third-order valence-electron chi connectivity index (χ3n) is 3.02. The van der Waals surface area contributed by atoms with Crippen molar-refractivity contribution < 1.29 is 4.79 Å². The summed E-state index contributed by atoms with van der Waals surface area (Å²) in [5.41, 5.74) is -0.191. The van der Waals surface area contributed by atoms with Crippen molar-refractivity contribution in [3.63, 3.8) is 0 Å². The fraction of sp³-hybridized carbons (Fsp3) is 0.929. The Hall–Kier alpha value is -0.410. The van der Waals surface area contributed by atoms with Gasteiger partial charge in [-0.2, -0.15) is 0 Å². The monoisotopic (exact) mass is 242 g/mol. The first-order valence-electron chi connectivity index (χ1n) is 6.67. The summed E-state index contributed by atoms with van der Waals surface area (Å²) in [5, 5.41) is 0. The Morgan fingerprint density at radius 2 is 1.65 bits per heavy atom. The van der Waals surface area contributed by atoms with E-state index in [2.05, 4.69) is 30.8 Å². The Balaban J connectivity index is 3.86. The highest BCUT2D eigenvalue weighted by molar-refractivity contribution is 5.83. The van der Waals surface area contributed by atoms with E-state index in [0.29, 0.717) is 12.2 Å². The zero-order valence-electron chi connectivity index (χ0n) is 12.5. The highest BCUT2D eigenvalue weighted by atomic mass is 16.1. The molecule has 0 unspecified atom stereocenters. The summed E-state index contributed by atoms with van der Waals surface area (Å²) in [5.74, 6) is 0.364. The predicted octanol–water partition coefficient (Wildman–Crippen LogP) is 2.27. The smallest absolute Gasteiger partial charge is 0.139 e. The third-order valence-corrected chi connectivity index (χ3v) is 3.02. The molecule has 0 rings (SSSR count). The van der Waals surface area contributed by atoms with Crippen LogP contribution in [-0.2, 0) is 4.79 Å². The summed E-state index contributed by atoms with van der Waals surface area (Å²) < 4.78 is 0. The second kappa shape index (κ2) is 7.83. The Bertz CT molecular complexity index is 219. The van der Waals surface area contributed by atoms with Crippen LogP contribution in [0.25, 0.3) is 0 Å². The van der Waals surface area contributed by atoms with Crippen LogP contribution in [0.15, 0.2) is 0 Å². The molecule has 0 aliphatic carbocycles. The van der Waals surface area contributed by atoms with Gasteiger partial charge in [-0.15, -0.1) is 0 Å². The molecule has 0 spiro atoms. The molecule has 0 saturated carbocycles. The molecule has 0 N–H and O–H groups in total. The van der Waals surface area contributed by atoms with E-state index in [0.717, 1.165) is 26.2 Å². The molecule has 0 aliphatic rings. The van der Waals surface area contributed by atoms with Gasteiger partial charge in [-0.25, -0.2) is 0 Å². The molecular weight excluding hydrogens is 212 g/mol. The van der Waals surface area contributed by atoms with Gasteiger partial charge in [0, 0.05) is 18.4 Å². The van der Waals surface area contributed by atoms with Gasteiger partial charge in [0.1, 0.15) is 5.78 Å². The number of hydrogen-bond acceptors (Lipinski definition) is 3. The van der Waals surface area contributed by atoms with Crippen LogP contribution in [0.2, 0.25) is 0 Å². The molecule has 0 aliphatic heterocycles. The molecule has 0 aromatic carbocycles. The fourth-order valence-corrected chi connectivity index (χ4v) is 1.67. The Morgan fingerprint density at radius 3 is 2.06 bits per heavy atom. The van der Waals surface area contributed by atoms with Gasteiger partial charge < -0.3 is 9.80 Å². The summed E-state index contributed by atoms with van der Waals surface area (Å²) in [7, 11) is 4.19. The van der Waals surface area contributed by atoms with Crippen LogP contribution < -0.4 is 0 Å². The summed E-state index contributed by atoms with van der Waals surface area (Å²) in [4.78, 5) is 16.4. The van der Waals surface area contributed by atoms with E-state index in [-0.39, 0.29) is 5.41 Å². The van der Waals surface area contributed by atoms with Gasteiger partial charge in [0.05, 0.1) is 0 Å². The molecule has 3 nitrogen and oxygen atoms in total. The molecule has 0 saturated heterocycles. The maximum atomic E-state index is 11.8. The fourth-order valence-electron chi connectivity index (χ4n) is 1.67. The quantitative estimate of drug-likeness (QED) is 0.652. The molecule has 0 heterocycles. The Morgan fingerprint density at radius 1 is 1.06 bits per heavy atom. The summed E-state index contributed by atoms with van der Waals surface area (Å²) in [6.45, 7) is 12.3. The molecular formula is C14H30N2O. The number of nitrogens with zero attached hydrogens (tertiary/aromatic N) is 2. The first-order chi connectivity index (χ1) is 7.77. The van der Waals surface area contributed by atoms with Crippen molar-refractivity contribution in [2.45, 2.75) is 40.5 Å². The number of carbonyl (C=O) groups is 1. The Labute approximate surface area is 107 Å². The maximum Gasteiger partial charge on any atom is 0.139 e. The molecule has 0 atom stereocenters. The molecule has 0 radical (unpaired) electrons. The second-order valence-electron chi connectivity index (χ2n) is 6.01. The number of Topliss-reactive ketones (excluding diaryl/α,β-unsaturated/α-hetero) is 1. The largest absolute Gasteiger partial charge is 0.309 e. The number of rotatable bonds is 8. The minimum absolute atomic E-state index is 0.191. The molecule has 17 heavy (non-hydrogen) atoms. The van der Waals surface area contributed by atoms with Gasteiger partial charge >= 0.3 is 0 Å². The van der Waals surface area contributed by atoms with Crippen molar-refractivity contribution in [3.05, 3.63) is 0 Å². The first-order valence-corrected chi connectivity index (χ1v) is 6.67. The highest BCUT2D eigenvalue weighted by Gasteiger charge is 2.21. The normalized spacial score (nSPS) is 12.5. The predicted molar refractivity (Wildman–Crippen MR) is 74.4 cm³/mol. The van der Waals surface area contributed by atoms with Crippen molar-refractivity contribution in [2.75, 3.05) is 40.3 Å². The van der Waals surface area contributed by atoms with Gasteiger partial charge in [0.15, 0.2) is 0 Å². The lowest BCUT2D eigenvalue weighted by Crippen LogP contribution is -2.31. The number of hydrogen-bond donors (Lipinski definition) is 0. The maximum absolute atomic E-state index is 11.8. The number of carbonyl (C=O) groups excluding carboxylic acids is 1. The number of ketones is 1. The molecule has 0 fully saturated rings. The van der Waals surface area contributed by atoms with E-state index in [1.807, 2.05) is 20.8 Å². The summed E-state index contributed by atoms with van der Waals surface area (Å²) in [6.07, 6.45) is 1.85. The molecule has 102 valence electrons. The Kier molecular flexibility index (Phi) is 7.64. The molecule has 0 aromatic heterocycles. The van der Waals surface area contributed by atoms with E-state index in [4.69, 9.17) is 0 Å². The van der Waals surface area contributed by atoms with Gasteiger partial charge in [0.2, 0.25) is 0 Å². The van der Waals surface area contributed by atoms with E-state index in [9.17, 15) is 4.79 Å². The van der Waals surface area contributed by atoms with Crippen molar-refractivity contribution in [1.29, 1.82) is 0 Å². The van der Waals surface area contributed by atoms with Gasteiger partial charge in [0.25, 0.3) is 0 Å².